The predicted octanol–water partition coefficient (Wildman–Crippen LogP) is 3.90. The number of H-pyrrole nitrogens is 1. The number of aromatic amines is 1. The van der Waals surface area contributed by atoms with Gasteiger partial charge in [0, 0.05) is 48.9 Å². The Kier molecular flexibility index (Phi) is 8.20. The van der Waals surface area contributed by atoms with Crippen molar-refractivity contribution in [2.75, 3.05) is 13.1 Å². The molecule has 0 unspecified atom stereocenters. The zero-order chi connectivity index (χ0) is 28.4. The van der Waals surface area contributed by atoms with Crippen molar-refractivity contribution < 1.29 is 4.39 Å². The van der Waals surface area contributed by atoms with Gasteiger partial charge in [-0.1, -0.05) is 23.7 Å². The Labute approximate surface area is 236 Å². The third-order valence-corrected chi connectivity index (χ3v) is 7.56. The minimum atomic E-state index is -0.523. The average Bonchev–Trinajstić information content (AvgIpc) is 3.34. The van der Waals surface area contributed by atoms with Crippen LogP contribution in [-0.2, 0) is 13.0 Å². The Bertz CT molecular complexity index is 1580. The zero-order valence-corrected chi connectivity index (χ0v) is 23.1. The highest BCUT2D eigenvalue weighted by atomic mass is 35.5. The van der Waals surface area contributed by atoms with Crippen LogP contribution >= 0.6 is 11.6 Å². The first-order valence-electron chi connectivity index (χ1n) is 13.5. The number of aromatic nitrogens is 3. The molecule has 1 aliphatic heterocycles. The van der Waals surface area contributed by atoms with Gasteiger partial charge in [-0.05, 0) is 74.1 Å². The number of hydrogen-bond acceptors (Lipinski definition) is 5. The lowest BCUT2D eigenvalue weighted by Crippen LogP contribution is -2.54. The molecule has 9 nitrogen and oxygen atoms in total. The molecule has 0 amide bonds. The average molecular weight is 565 g/mol. The van der Waals surface area contributed by atoms with Crippen molar-refractivity contribution in [2.45, 2.75) is 51.2 Å². The predicted molar refractivity (Wildman–Crippen MR) is 157 cm³/mol. The molecule has 4 aromatic rings. The molecule has 11 heteroatoms. The lowest BCUT2D eigenvalue weighted by molar-refractivity contribution is 0.320. The first kappa shape index (κ1) is 27.8. The van der Waals surface area contributed by atoms with Gasteiger partial charge in [-0.25, -0.2) is 9.18 Å². The van der Waals surface area contributed by atoms with Gasteiger partial charge in [0.1, 0.15) is 5.65 Å². The fourth-order valence-electron chi connectivity index (χ4n) is 5.04. The van der Waals surface area contributed by atoms with Crippen molar-refractivity contribution in [3.8, 4) is 16.9 Å². The molecule has 3 heterocycles. The lowest BCUT2D eigenvalue weighted by Gasteiger charge is -2.34. The maximum absolute atomic E-state index is 15.1. The minimum absolute atomic E-state index is 0.0502. The molecule has 210 valence electrons. The monoisotopic (exact) mass is 564 g/mol. The Morgan fingerprint density at radius 1 is 1.23 bits per heavy atom. The van der Waals surface area contributed by atoms with Crippen LogP contribution in [0.3, 0.4) is 0 Å². The molecule has 1 aliphatic rings. The molecule has 2 aromatic heterocycles. The van der Waals surface area contributed by atoms with Crippen molar-refractivity contribution in [2.24, 2.45) is 11.5 Å². The standard InChI is InChI=1S/C29H34ClFN8O/c1-17(33)3-2-4-19-11-23(26(31)24(30)12-19)25-13-20-16-39(29(40)37-27(20)36-25)22-7-5-18(6-8-22)15-38-10-9-21(14-32)35-28(38)34/h5-8,11-13,16-17,21H,2-4,9-10,14-15,32-33H2,1H3,(H2,34,35)(H,36,37,40)/t17-,21+/m0/s1. The summed E-state index contributed by atoms with van der Waals surface area (Å²) >= 11 is 6.23. The van der Waals surface area contributed by atoms with Gasteiger partial charge in [0.05, 0.1) is 16.4 Å². The molecule has 0 radical (unpaired) electrons. The molecule has 0 spiro atoms. The Morgan fingerprint density at radius 3 is 2.70 bits per heavy atom. The first-order chi connectivity index (χ1) is 19.2. The molecule has 1 saturated heterocycles. The van der Waals surface area contributed by atoms with Gasteiger partial charge in [0.2, 0.25) is 0 Å². The van der Waals surface area contributed by atoms with Crippen molar-refractivity contribution in [3.05, 3.63) is 81.1 Å². The van der Waals surface area contributed by atoms with Gasteiger partial charge in [-0.15, -0.1) is 0 Å². The van der Waals surface area contributed by atoms with E-state index in [-0.39, 0.29) is 17.1 Å². The summed E-state index contributed by atoms with van der Waals surface area (Å²) in [5.41, 5.74) is 14.9. The molecule has 2 aromatic carbocycles. The summed E-state index contributed by atoms with van der Waals surface area (Å²) in [6.45, 7) is 3.80. The molecule has 1 fully saturated rings. The summed E-state index contributed by atoms with van der Waals surface area (Å²) in [6.07, 6.45) is 5.05. The lowest BCUT2D eigenvalue weighted by atomic mass is 10.0. The van der Waals surface area contributed by atoms with Crippen LogP contribution in [0.25, 0.3) is 28.0 Å². The Morgan fingerprint density at radius 2 is 2.00 bits per heavy atom. The number of nitrogens with one attached hydrogen (secondary N) is 3. The fraction of sp³-hybridized carbons (Fsp3) is 0.345. The topological polar surface area (TPSA) is 142 Å². The van der Waals surface area contributed by atoms with Crippen molar-refractivity contribution in [1.82, 2.24) is 24.8 Å². The summed E-state index contributed by atoms with van der Waals surface area (Å²) in [7, 11) is 0. The van der Waals surface area contributed by atoms with Gasteiger partial charge in [-0.3, -0.25) is 9.98 Å². The number of nitrogens with zero attached hydrogens (tertiary/aromatic N) is 3. The van der Waals surface area contributed by atoms with Crippen LogP contribution in [0, 0.1) is 11.2 Å². The quantitative estimate of drug-likeness (QED) is 0.209. The fourth-order valence-corrected chi connectivity index (χ4v) is 5.28. The third kappa shape index (κ3) is 6.04. The second-order valence-electron chi connectivity index (χ2n) is 10.5. The molecule has 0 saturated carbocycles. The second kappa shape index (κ2) is 11.8. The highest BCUT2D eigenvalue weighted by Gasteiger charge is 2.21. The number of benzene rings is 2. The summed E-state index contributed by atoms with van der Waals surface area (Å²) in [6, 6.07) is 13.0. The normalized spacial score (nSPS) is 16.4. The van der Waals surface area contributed by atoms with Gasteiger partial charge in [0.15, 0.2) is 11.8 Å². The number of aryl methyl sites for hydroxylation is 1. The number of hydrogen-bond donors (Lipinski definition) is 5. The molecule has 7 N–H and O–H groups in total. The molecule has 0 bridgehead atoms. The number of fused-ring (bicyclic) bond motifs is 1. The van der Waals surface area contributed by atoms with Crippen molar-refractivity contribution in [1.29, 1.82) is 5.41 Å². The molecule has 2 atom stereocenters. The van der Waals surface area contributed by atoms with Crippen LogP contribution < -0.4 is 22.5 Å². The van der Waals surface area contributed by atoms with Crippen LogP contribution in [0.5, 0.6) is 0 Å². The van der Waals surface area contributed by atoms with E-state index in [2.05, 4.69) is 15.3 Å². The minimum Gasteiger partial charge on any atom is -0.352 e. The van der Waals surface area contributed by atoms with E-state index < -0.39 is 11.5 Å². The molecule has 5 rings (SSSR count). The summed E-state index contributed by atoms with van der Waals surface area (Å²) < 4.78 is 16.5. The SMILES string of the molecule is C[C@H](N)CCCc1cc(Cl)c(F)c(-c2cc3cn(-c4ccc(CN5CC[C@H](CN)NC5=N)cc4)c(=O)nc3[nH]2)c1. The van der Waals surface area contributed by atoms with E-state index in [1.165, 1.54) is 4.57 Å². The van der Waals surface area contributed by atoms with Crippen LogP contribution in [0.2, 0.25) is 5.02 Å². The Hall–Kier alpha value is -3.73. The highest BCUT2D eigenvalue weighted by molar-refractivity contribution is 6.31. The van der Waals surface area contributed by atoms with E-state index in [9.17, 15) is 4.79 Å². The largest absolute Gasteiger partial charge is 0.354 e. The smallest absolute Gasteiger partial charge is 0.352 e. The first-order valence-corrected chi connectivity index (χ1v) is 13.9. The third-order valence-electron chi connectivity index (χ3n) is 7.29. The van der Waals surface area contributed by atoms with Gasteiger partial charge < -0.3 is 26.7 Å². The zero-order valence-electron chi connectivity index (χ0n) is 22.4. The van der Waals surface area contributed by atoms with E-state index in [1.54, 1.807) is 24.4 Å². The summed E-state index contributed by atoms with van der Waals surface area (Å²) in [5.74, 6) is -0.154. The van der Waals surface area contributed by atoms with Crippen molar-refractivity contribution >= 4 is 28.6 Å². The van der Waals surface area contributed by atoms with Gasteiger partial charge in [0.25, 0.3) is 0 Å². The molecule has 0 aliphatic carbocycles. The van der Waals surface area contributed by atoms with Gasteiger partial charge >= 0.3 is 5.69 Å². The number of rotatable bonds is 9. The van der Waals surface area contributed by atoms with E-state index in [0.29, 0.717) is 47.0 Å². The highest BCUT2D eigenvalue weighted by Crippen LogP contribution is 2.31. The number of halogens is 2. The number of guanidine groups is 1. The van der Waals surface area contributed by atoms with E-state index in [0.717, 1.165) is 43.4 Å². The molecule has 40 heavy (non-hydrogen) atoms. The number of nitrogens with two attached hydrogens (primary N) is 2. The van der Waals surface area contributed by atoms with Crippen LogP contribution in [0.15, 0.2) is 53.5 Å². The maximum Gasteiger partial charge on any atom is 0.354 e. The van der Waals surface area contributed by atoms with E-state index in [4.69, 9.17) is 28.5 Å². The van der Waals surface area contributed by atoms with E-state index >= 15 is 4.39 Å². The Balaban J connectivity index is 1.37. The summed E-state index contributed by atoms with van der Waals surface area (Å²) in [4.78, 5) is 22.2. The molecular formula is C29H34ClFN8O. The second-order valence-corrected chi connectivity index (χ2v) is 10.9. The molecular weight excluding hydrogens is 531 g/mol. The van der Waals surface area contributed by atoms with Crippen LogP contribution in [-0.4, -0.2) is 50.6 Å². The maximum atomic E-state index is 15.1. The van der Waals surface area contributed by atoms with Crippen molar-refractivity contribution in [3.63, 3.8) is 0 Å². The summed E-state index contributed by atoms with van der Waals surface area (Å²) in [5, 5.41) is 12.1. The van der Waals surface area contributed by atoms with Gasteiger partial charge in [-0.2, -0.15) is 4.98 Å². The van der Waals surface area contributed by atoms with E-state index in [1.807, 2.05) is 36.1 Å². The van der Waals surface area contributed by atoms with Crippen LogP contribution in [0.4, 0.5) is 4.39 Å². The van der Waals surface area contributed by atoms with Crippen LogP contribution in [0.1, 0.15) is 37.3 Å².